The lowest BCUT2D eigenvalue weighted by Crippen LogP contribution is -2.21. The highest BCUT2D eigenvalue weighted by atomic mass is 79.9. The number of rotatable bonds is 3. The highest BCUT2D eigenvalue weighted by molar-refractivity contribution is 9.10. The Bertz CT molecular complexity index is 712. The molecule has 0 atom stereocenters. The summed E-state index contributed by atoms with van der Waals surface area (Å²) in [7, 11) is 0. The number of benzene rings is 1. The summed E-state index contributed by atoms with van der Waals surface area (Å²) in [6.45, 7) is 4.02. The third kappa shape index (κ3) is 2.81. The maximum Gasteiger partial charge on any atom is 0.233 e. The molecule has 1 aromatic heterocycles. The van der Waals surface area contributed by atoms with Gasteiger partial charge in [0.25, 0.3) is 0 Å². The largest absolute Gasteiger partial charge is 0.437 e. The molecule has 0 spiro atoms. The summed E-state index contributed by atoms with van der Waals surface area (Å²) in [6, 6.07) is 7.92. The van der Waals surface area contributed by atoms with E-state index in [9.17, 15) is 5.11 Å². The van der Waals surface area contributed by atoms with E-state index in [1.165, 1.54) is 0 Å². The molecule has 0 amide bonds. The van der Waals surface area contributed by atoms with Gasteiger partial charge >= 0.3 is 0 Å². The molecule has 4 heteroatoms. The molecular weight excluding hydrogens is 342 g/mol. The van der Waals surface area contributed by atoms with Crippen LogP contribution in [-0.2, 0) is 5.60 Å². The molecule has 0 saturated carbocycles. The van der Waals surface area contributed by atoms with Crippen molar-refractivity contribution in [2.75, 3.05) is 0 Å². The Hall–Kier alpha value is -1.65. The monoisotopic (exact) mass is 359 g/mol. The van der Waals surface area contributed by atoms with Gasteiger partial charge in [-0.3, -0.25) is 0 Å². The van der Waals surface area contributed by atoms with Crippen LogP contribution in [0.25, 0.3) is 0 Å². The van der Waals surface area contributed by atoms with Crippen LogP contribution in [0.3, 0.4) is 0 Å². The third-order valence-electron chi connectivity index (χ3n) is 4.03. The molecular formula is C18H18BrNO2. The van der Waals surface area contributed by atoms with E-state index in [1.807, 2.05) is 50.3 Å². The summed E-state index contributed by atoms with van der Waals surface area (Å²) in [4.78, 5) is 4.39. The second-order valence-electron chi connectivity index (χ2n) is 5.75. The Balaban J connectivity index is 1.90. The molecule has 0 bridgehead atoms. The minimum absolute atomic E-state index is 0.510. The van der Waals surface area contributed by atoms with Gasteiger partial charge in [0.15, 0.2) is 0 Å². The summed E-state index contributed by atoms with van der Waals surface area (Å²) in [6.07, 6.45) is 6.93. The zero-order valence-corrected chi connectivity index (χ0v) is 14.2. The molecule has 22 heavy (non-hydrogen) atoms. The average Bonchev–Trinajstić information content (AvgIpc) is 2.92. The van der Waals surface area contributed by atoms with Crippen LogP contribution in [0.4, 0.5) is 0 Å². The van der Waals surface area contributed by atoms with Crippen molar-refractivity contribution in [1.82, 2.24) is 4.98 Å². The molecule has 114 valence electrons. The maximum absolute atomic E-state index is 10.6. The molecule has 3 rings (SSSR count). The Morgan fingerprint density at radius 1 is 1.18 bits per heavy atom. The molecule has 0 saturated heterocycles. The third-order valence-corrected chi connectivity index (χ3v) is 4.60. The first kappa shape index (κ1) is 15.3. The average molecular weight is 360 g/mol. The first-order valence-corrected chi connectivity index (χ1v) is 8.06. The van der Waals surface area contributed by atoms with Gasteiger partial charge in [0, 0.05) is 11.8 Å². The van der Waals surface area contributed by atoms with Crippen molar-refractivity contribution in [3.8, 4) is 11.6 Å². The lowest BCUT2D eigenvalue weighted by Gasteiger charge is -2.23. The van der Waals surface area contributed by atoms with Gasteiger partial charge in [0.1, 0.15) is 5.75 Å². The molecule has 1 aliphatic rings. The highest BCUT2D eigenvalue weighted by Crippen LogP contribution is 2.38. The summed E-state index contributed by atoms with van der Waals surface area (Å²) >= 11 is 3.51. The van der Waals surface area contributed by atoms with Gasteiger partial charge in [-0.1, -0.05) is 30.4 Å². The smallest absolute Gasteiger partial charge is 0.233 e. The van der Waals surface area contributed by atoms with E-state index in [4.69, 9.17) is 4.74 Å². The van der Waals surface area contributed by atoms with Gasteiger partial charge in [-0.05, 0) is 59.8 Å². The predicted molar refractivity (Wildman–Crippen MR) is 90.2 cm³/mol. The summed E-state index contributed by atoms with van der Waals surface area (Å²) in [5.74, 6) is 1.33. The predicted octanol–water partition coefficient (Wildman–Crippen LogP) is 4.79. The molecule has 1 aromatic carbocycles. The van der Waals surface area contributed by atoms with E-state index < -0.39 is 5.60 Å². The number of hydrogen-bond donors (Lipinski definition) is 1. The van der Waals surface area contributed by atoms with Crippen molar-refractivity contribution in [2.24, 2.45) is 0 Å². The minimum atomic E-state index is -0.841. The fraction of sp³-hybridized carbons (Fsp3) is 0.278. The highest BCUT2D eigenvalue weighted by Gasteiger charge is 2.31. The van der Waals surface area contributed by atoms with E-state index in [1.54, 1.807) is 6.20 Å². The number of para-hydroxylation sites is 1. The van der Waals surface area contributed by atoms with Crippen LogP contribution in [0.15, 0.2) is 47.1 Å². The number of aromatic nitrogens is 1. The molecule has 1 aliphatic carbocycles. The van der Waals surface area contributed by atoms with E-state index >= 15 is 0 Å². The van der Waals surface area contributed by atoms with Crippen LogP contribution in [0.1, 0.15) is 29.5 Å². The standard InChI is InChI=1S/C18H18BrNO2/c1-12-6-5-7-13(2)16(12)22-17-15(19)10-14(11-20-17)18(21)8-3-4-9-18/h3-7,10-11,21H,8-9H2,1-2H3. The summed E-state index contributed by atoms with van der Waals surface area (Å²) < 4.78 is 6.71. The molecule has 0 aliphatic heterocycles. The van der Waals surface area contributed by atoms with Gasteiger partial charge in [0.05, 0.1) is 10.1 Å². The molecule has 0 fully saturated rings. The molecule has 2 aromatic rings. The summed E-state index contributed by atoms with van der Waals surface area (Å²) in [5.41, 5.74) is 2.10. The fourth-order valence-electron chi connectivity index (χ4n) is 2.69. The lowest BCUT2D eigenvalue weighted by molar-refractivity contribution is 0.0504. The first-order chi connectivity index (χ1) is 10.5. The van der Waals surface area contributed by atoms with Gasteiger partial charge in [0.2, 0.25) is 5.88 Å². The Morgan fingerprint density at radius 2 is 1.82 bits per heavy atom. The first-order valence-electron chi connectivity index (χ1n) is 7.27. The van der Waals surface area contributed by atoms with E-state index in [-0.39, 0.29) is 0 Å². The van der Waals surface area contributed by atoms with Crippen molar-refractivity contribution in [3.63, 3.8) is 0 Å². The van der Waals surface area contributed by atoms with Crippen LogP contribution < -0.4 is 4.74 Å². The van der Waals surface area contributed by atoms with Gasteiger partial charge in [-0.2, -0.15) is 0 Å². The topological polar surface area (TPSA) is 42.4 Å². The number of aliphatic hydroxyl groups is 1. The van der Waals surface area contributed by atoms with E-state index in [0.29, 0.717) is 18.7 Å². The van der Waals surface area contributed by atoms with Crippen LogP contribution in [-0.4, -0.2) is 10.1 Å². The normalized spacial score (nSPS) is 16.0. The van der Waals surface area contributed by atoms with Crippen molar-refractivity contribution in [2.45, 2.75) is 32.3 Å². The van der Waals surface area contributed by atoms with Crippen LogP contribution in [0, 0.1) is 13.8 Å². The van der Waals surface area contributed by atoms with E-state index in [0.717, 1.165) is 26.9 Å². The number of hydrogen-bond acceptors (Lipinski definition) is 3. The number of nitrogens with zero attached hydrogens (tertiary/aromatic N) is 1. The van der Waals surface area contributed by atoms with Crippen LogP contribution in [0.2, 0.25) is 0 Å². The molecule has 3 nitrogen and oxygen atoms in total. The molecule has 0 unspecified atom stereocenters. The van der Waals surface area contributed by atoms with Crippen LogP contribution in [0.5, 0.6) is 11.6 Å². The summed E-state index contributed by atoms with van der Waals surface area (Å²) in [5, 5.41) is 10.6. The van der Waals surface area contributed by atoms with Crippen molar-refractivity contribution in [1.29, 1.82) is 0 Å². The maximum atomic E-state index is 10.6. The molecule has 0 radical (unpaired) electrons. The van der Waals surface area contributed by atoms with Gasteiger partial charge < -0.3 is 9.84 Å². The van der Waals surface area contributed by atoms with E-state index in [2.05, 4.69) is 20.9 Å². The molecule has 1 heterocycles. The second-order valence-corrected chi connectivity index (χ2v) is 6.60. The Kier molecular flexibility index (Phi) is 4.06. The lowest BCUT2D eigenvalue weighted by atomic mass is 9.93. The van der Waals surface area contributed by atoms with Crippen molar-refractivity contribution >= 4 is 15.9 Å². The quantitative estimate of drug-likeness (QED) is 0.801. The Morgan fingerprint density at radius 3 is 2.41 bits per heavy atom. The second kappa shape index (κ2) is 5.86. The number of halogens is 1. The SMILES string of the molecule is Cc1cccc(C)c1Oc1ncc(C2(O)CC=CC2)cc1Br. The molecule has 1 N–H and O–H groups in total. The Labute approximate surface area is 138 Å². The number of pyridine rings is 1. The van der Waals surface area contributed by atoms with Crippen molar-refractivity contribution < 1.29 is 9.84 Å². The number of aryl methyl sites for hydroxylation is 2. The zero-order chi connectivity index (χ0) is 15.7. The van der Waals surface area contributed by atoms with Gasteiger partial charge in [-0.25, -0.2) is 4.98 Å². The number of ether oxygens (including phenoxy) is 1. The van der Waals surface area contributed by atoms with Crippen molar-refractivity contribution in [3.05, 3.63) is 63.8 Å². The van der Waals surface area contributed by atoms with Gasteiger partial charge in [-0.15, -0.1) is 0 Å². The minimum Gasteiger partial charge on any atom is -0.437 e. The zero-order valence-electron chi connectivity index (χ0n) is 12.6. The fourth-order valence-corrected chi connectivity index (χ4v) is 3.12. The van der Waals surface area contributed by atoms with Crippen LogP contribution >= 0.6 is 15.9 Å².